The van der Waals surface area contributed by atoms with Gasteiger partial charge in [-0.25, -0.2) is 8.42 Å². The van der Waals surface area contributed by atoms with Crippen LogP contribution in [0.25, 0.3) is 0 Å². The summed E-state index contributed by atoms with van der Waals surface area (Å²) in [5.41, 5.74) is 0. The average Bonchev–Trinajstić information content (AvgIpc) is 2.73. The Morgan fingerprint density at radius 1 is 1.23 bits per heavy atom. The molecule has 22 heavy (non-hydrogen) atoms. The second-order valence-electron chi connectivity index (χ2n) is 6.51. The zero-order chi connectivity index (χ0) is 16.9. The second kappa shape index (κ2) is 8.45. The van der Waals surface area contributed by atoms with Crippen molar-refractivity contribution < 1.29 is 8.42 Å². The van der Waals surface area contributed by atoms with Crippen LogP contribution in [0.2, 0.25) is 0 Å². The van der Waals surface area contributed by atoms with E-state index in [0.29, 0.717) is 23.6 Å². The van der Waals surface area contributed by atoms with Crippen molar-refractivity contribution in [2.45, 2.75) is 59.2 Å². The molecule has 0 aromatic rings. The molecule has 1 heterocycles. The topological polar surface area (TPSA) is 52.6 Å². The third kappa shape index (κ3) is 5.66. The number of nitrogens with one attached hydrogen (secondary N) is 1. The number of thiocarbonyl (C=S) groups is 1. The molecule has 1 fully saturated rings. The van der Waals surface area contributed by atoms with E-state index in [9.17, 15) is 8.42 Å². The lowest BCUT2D eigenvalue weighted by atomic mass is 10.2. The Morgan fingerprint density at radius 2 is 1.82 bits per heavy atom. The molecule has 1 rings (SSSR count). The monoisotopic (exact) mass is 349 g/mol. The van der Waals surface area contributed by atoms with Crippen LogP contribution < -0.4 is 5.32 Å². The predicted molar refractivity (Wildman–Crippen MR) is 97.0 cm³/mol. The molecular formula is C15H31N3O2S2. The molecule has 1 aliphatic rings. The number of hydrogen-bond acceptors (Lipinski definition) is 4. The number of rotatable bonds is 7. The summed E-state index contributed by atoms with van der Waals surface area (Å²) in [5.74, 6) is 0.503. The highest BCUT2D eigenvalue weighted by molar-refractivity contribution is 7.91. The van der Waals surface area contributed by atoms with Crippen molar-refractivity contribution in [3.05, 3.63) is 0 Å². The average molecular weight is 350 g/mol. The van der Waals surface area contributed by atoms with E-state index in [1.807, 2.05) is 6.92 Å². The van der Waals surface area contributed by atoms with E-state index >= 15 is 0 Å². The van der Waals surface area contributed by atoms with E-state index in [1.54, 1.807) is 0 Å². The fourth-order valence-electron chi connectivity index (χ4n) is 3.06. The van der Waals surface area contributed by atoms with Crippen molar-refractivity contribution in [2.75, 3.05) is 31.1 Å². The van der Waals surface area contributed by atoms with Crippen LogP contribution in [0.3, 0.4) is 0 Å². The first-order valence-electron chi connectivity index (χ1n) is 8.18. The number of hydrogen-bond donors (Lipinski definition) is 1. The van der Waals surface area contributed by atoms with Crippen LogP contribution in [0.15, 0.2) is 0 Å². The van der Waals surface area contributed by atoms with Gasteiger partial charge >= 0.3 is 0 Å². The second-order valence-corrected chi connectivity index (χ2v) is 9.13. The molecule has 0 bridgehead atoms. The van der Waals surface area contributed by atoms with E-state index in [-0.39, 0.29) is 17.5 Å². The highest BCUT2D eigenvalue weighted by atomic mass is 32.2. The molecule has 5 nitrogen and oxygen atoms in total. The lowest BCUT2D eigenvalue weighted by Gasteiger charge is -2.36. The maximum atomic E-state index is 11.8. The van der Waals surface area contributed by atoms with E-state index in [2.05, 4.69) is 42.8 Å². The van der Waals surface area contributed by atoms with Gasteiger partial charge in [0.25, 0.3) is 0 Å². The Labute approximate surface area is 141 Å². The molecule has 0 unspecified atom stereocenters. The van der Waals surface area contributed by atoms with Gasteiger partial charge in [-0.05, 0) is 53.3 Å². The maximum absolute atomic E-state index is 11.8. The van der Waals surface area contributed by atoms with E-state index in [4.69, 9.17) is 12.2 Å². The molecule has 0 aromatic carbocycles. The Morgan fingerprint density at radius 3 is 2.23 bits per heavy atom. The van der Waals surface area contributed by atoms with Gasteiger partial charge in [0, 0.05) is 37.8 Å². The molecule has 0 spiro atoms. The fraction of sp³-hybridized carbons (Fsp3) is 0.933. The van der Waals surface area contributed by atoms with E-state index in [0.717, 1.165) is 19.6 Å². The van der Waals surface area contributed by atoms with Gasteiger partial charge in [0.2, 0.25) is 0 Å². The Hall–Kier alpha value is -0.400. The summed E-state index contributed by atoms with van der Waals surface area (Å²) in [5, 5.41) is 3.85. The molecule has 7 heteroatoms. The van der Waals surface area contributed by atoms with E-state index in [1.165, 1.54) is 0 Å². The Bertz CT molecular complexity index is 455. The predicted octanol–water partition coefficient (Wildman–Crippen LogP) is 1.49. The zero-order valence-electron chi connectivity index (χ0n) is 14.5. The third-order valence-corrected chi connectivity index (χ3v) is 6.29. The van der Waals surface area contributed by atoms with Crippen molar-refractivity contribution in [3.8, 4) is 0 Å². The Balaban J connectivity index is 2.77. The van der Waals surface area contributed by atoms with Crippen molar-refractivity contribution in [2.24, 2.45) is 0 Å². The van der Waals surface area contributed by atoms with Gasteiger partial charge in [0.15, 0.2) is 14.9 Å². The summed E-state index contributed by atoms with van der Waals surface area (Å²) in [6.45, 7) is 13.2. The molecule has 1 atom stereocenters. The normalized spacial score (nSPS) is 20.8. The molecule has 1 N–H and O–H groups in total. The summed E-state index contributed by atoms with van der Waals surface area (Å²) in [7, 11) is -2.90. The first kappa shape index (κ1) is 19.6. The van der Waals surface area contributed by atoms with Crippen LogP contribution in [-0.2, 0) is 9.84 Å². The van der Waals surface area contributed by atoms with Crippen molar-refractivity contribution in [1.82, 2.24) is 15.1 Å². The molecular weight excluding hydrogens is 318 g/mol. The number of sulfone groups is 1. The summed E-state index contributed by atoms with van der Waals surface area (Å²) in [6.07, 6.45) is 0.678. The number of nitrogens with zero attached hydrogens (tertiary/aromatic N) is 2. The van der Waals surface area contributed by atoms with Crippen molar-refractivity contribution in [3.63, 3.8) is 0 Å². The van der Waals surface area contributed by atoms with Gasteiger partial charge in [0.05, 0.1) is 11.5 Å². The third-order valence-electron chi connectivity index (χ3n) is 4.16. The van der Waals surface area contributed by atoms with Crippen LogP contribution in [0, 0.1) is 0 Å². The zero-order valence-corrected chi connectivity index (χ0v) is 16.1. The highest BCUT2D eigenvalue weighted by Crippen LogP contribution is 2.18. The van der Waals surface area contributed by atoms with Gasteiger partial charge in [0.1, 0.15) is 0 Å². The molecule has 0 saturated carbocycles. The minimum atomic E-state index is -2.90. The van der Waals surface area contributed by atoms with Crippen LogP contribution in [-0.4, -0.2) is 72.6 Å². The SMILES string of the molecule is CCNC(=S)N(CCN(C(C)C)C(C)C)[C@@H]1CCS(=O)(=O)C1. The molecule has 0 amide bonds. The molecule has 1 aliphatic heterocycles. The summed E-state index contributed by atoms with van der Waals surface area (Å²) in [4.78, 5) is 4.49. The molecule has 0 aromatic heterocycles. The quantitative estimate of drug-likeness (QED) is 0.703. The van der Waals surface area contributed by atoms with Gasteiger partial charge < -0.3 is 10.2 Å². The molecule has 1 saturated heterocycles. The van der Waals surface area contributed by atoms with Crippen LogP contribution >= 0.6 is 12.2 Å². The molecule has 0 radical (unpaired) electrons. The van der Waals surface area contributed by atoms with Crippen LogP contribution in [0.1, 0.15) is 41.0 Å². The lowest BCUT2D eigenvalue weighted by Crippen LogP contribution is -2.51. The van der Waals surface area contributed by atoms with Crippen molar-refractivity contribution in [1.29, 1.82) is 0 Å². The van der Waals surface area contributed by atoms with Crippen LogP contribution in [0.4, 0.5) is 0 Å². The maximum Gasteiger partial charge on any atom is 0.169 e. The first-order chi connectivity index (χ1) is 10.2. The molecule has 130 valence electrons. The fourth-order valence-corrected chi connectivity index (χ4v) is 5.18. The van der Waals surface area contributed by atoms with Gasteiger partial charge in [-0.1, -0.05) is 0 Å². The smallest absolute Gasteiger partial charge is 0.169 e. The van der Waals surface area contributed by atoms with Crippen LogP contribution in [0.5, 0.6) is 0 Å². The van der Waals surface area contributed by atoms with E-state index < -0.39 is 9.84 Å². The van der Waals surface area contributed by atoms with Crippen molar-refractivity contribution >= 4 is 27.2 Å². The van der Waals surface area contributed by atoms with Gasteiger partial charge in [-0.2, -0.15) is 0 Å². The summed E-state index contributed by atoms with van der Waals surface area (Å²) in [6, 6.07) is 0.932. The minimum absolute atomic E-state index is 0.0118. The minimum Gasteiger partial charge on any atom is -0.363 e. The van der Waals surface area contributed by atoms with Gasteiger partial charge in [-0.3, -0.25) is 4.90 Å². The first-order valence-corrected chi connectivity index (χ1v) is 10.4. The van der Waals surface area contributed by atoms with Gasteiger partial charge in [-0.15, -0.1) is 0 Å². The largest absolute Gasteiger partial charge is 0.363 e. The summed E-state index contributed by atoms with van der Waals surface area (Å²) >= 11 is 5.47. The standard InChI is InChI=1S/C15H31N3O2S2/c1-6-16-15(21)18(14-7-10-22(19,20)11-14)9-8-17(12(2)3)13(4)5/h12-14H,6-11H2,1-5H3,(H,16,21)/t14-/m1/s1. The lowest BCUT2D eigenvalue weighted by molar-refractivity contribution is 0.154. The summed E-state index contributed by atoms with van der Waals surface area (Å²) < 4.78 is 23.6. The Kier molecular flexibility index (Phi) is 7.55. The molecule has 0 aliphatic carbocycles. The highest BCUT2D eigenvalue weighted by Gasteiger charge is 2.33.